The van der Waals surface area contributed by atoms with Crippen LogP contribution >= 0.6 is 12.2 Å². The third-order valence-corrected chi connectivity index (χ3v) is 6.40. The van der Waals surface area contributed by atoms with Gasteiger partial charge in [-0.15, -0.1) is 0 Å². The van der Waals surface area contributed by atoms with Crippen molar-refractivity contribution in [3.8, 4) is 0 Å². The fraction of sp³-hybridized carbons (Fsp3) is 0.500. The fourth-order valence-corrected chi connectivity index (χ4v) is 4.79. The van der Waals surface area contributed by atoms with Gasteiger partial charge in [0.25, 0.3) is 0 Å². The first-order valence-electron chi connectivity index (χ1n) is 9.96. The van der Waals surface area contributed by atoms with E-state index >= 15 is 0 Å². The van der Waals surface area contributed by atoms with Gasteiger partial charge in [0.1, 0.15) is 5.82 Å². The summed E-state index contributed by atoms with van der Waals surface area (Å²) in [5.41, 5.74) is 1.68. The maximum absolute atomic E-state index is 13.2. The Balaban J connectivity index is 1.30. The molecule has 3 aliphatic rings. The molecule has 146 valence electrons. The molecule has 0 spiro atoms. The molecule has 2 N–H and O–H groups in total. The molecule has 0 radical (unpaired) electrons. The number of anilines is 1. The predicted molar refractivity (Wildman–Crippen MR) is 107 cm³/mol. The Morgan fingerprint density at radius 1 is 1.14 bits per heavy atom. The molecule has 3 heterocycles. The smallest absolute Gasteiger partial charge is 0.230 e. The number of para-hydroxylation sites is 1. The number of likely N-dealkylation sites (tertiary alicyclic amines) is 1. The number of rotatable bonds is 3. The summed E-state index contributed by atoms with van der Waals surface area (Å²) in [6, 6.07) is 8.10. The first kappa shape index (κ1) is 17.6. The molecule has 1 aromatic carbocycles. The summed E-state index contributed by atoms with van der Waals surface area (Å²) in [6.07, 6.45) is 4.30. The molecule has 2 amide bonds. The largest absolute Gasteiger partial charge is 0.342 e. The van der Waals surface area contributed by atoms with E-state index in [0.29, 0.717) is 29.8 Å². The van der Waals surface area contributed by atoms with Gasteiger partial charge in [-0.3, -0.25) is 14.7 Å². The van der Waals surface area contributed by atoms with Gasteiger partial charge in [-0.05, 0) is 49.5 Å². The van der Waals surface area contributed by atoms with Crippen LogP contribution in [0.25, 0.3) is 0 Å². The van der Waals surface area contributed by atoms with E-state index in [4.69, 9.17) is 12.2 Å². The summed E-state index contributed by atoms with van der Waals surface area (Å²) in [7, 11) is 0. The third-order valence-electron chi connectivity index (χ3n) is 6.11. The van der Waals surface area contributed by atoms with Crippen molar-refractivity contribution in [1.82, 2.24) is 19.7 Å². The van der Waals surface area contributed by atoms with Gasteiger partial charge in [0.15, 0.2) is 4.77 Å². The van der Waals surface area contributed by atoms with Crippen molar-refractivity contribution in [2.75, 3.05) is 18.4 Å². The van der Waals surface area contributed by atoms with Crippen LogP contribution in [0, 0.1) is 4.77 Å². The minimum absolute atomic E-state index is 0.0572. The average molecular weight is 398 g/mol. The molecule has 1 unspecified atom stereocenters. The lowest BCUT2D eigenvalue weighted by Crippen LogP contribution is -2.42. The molecule has 28 heavy (non-hydrogen) atoms. The number of aromatic nitrogens is 3. The molecule has 0 bridgehead atoms. The number of fused-ring (bicyclic) bond motifs is 1. The standard InChI is InChI=1S/C20H23N5O2S/c26-17-11-15(14-3-1-2-4-16(14)21-17)19(27)24-9-7-12(8-10-24)18-22-23-20(28)25(18)13-5-6-13/h1-4,12-13,15H,5-11H2,(H,21,26)(H,23,28). The zero-order valence-corrected chi connectivity index (χ0v) is 16.4. The van der Waals surface area contributed by atoms with Gasteiger partial charge >= 0.3 is 0 Å². The van der Waals surface area contributed by atoms with Gasteiger partial charge in [0.05, 0.1) is 5.92 Å². The molecule has 2 fully saturated rings. The molecule has 1 saturated heterocycles. The maximum atomic E-state index is 13.2. The van der Waals surface area contributed by atoms with Gasteiger partial charge in [0, 0.05) is 37.2 Å². The van der Waals surface area contributed by atoms with E-state index in [1.54, 1.807) is 0 Å². The predicted octanol–water partition coefficient (Wildman–Crippen LogP) is 3.11. The van der Waals surface area contributed by atoms with E-state index in [1.807, 2.05) is 29.2 Å². The first-order chi connectivity index (χ1) is 13.6. The second-order valence-electron chi connectivity index (χ2n) is 7.98. The van der Waals surface area contributed by atoms with E-state index in [1.165, 1.54) is 12.8 Å². The number of amides is 2. The highest BCUT2D eigenvalue weighted by molar-refractivity contribution is 7.71. The Hall–Kier alpha value is -2.48. The van der Waals surface area contributed by atoms with E-state index in [2.05, 4.69) is 20.1 Å². The number of nitrogens with zero attached hydrogens (tertiary/aromatic N) is 3. The highest BCUT2D eigenvalue weighted by Gasteiger charge is 2.36. The average Bonchev–Trinajstić information content (AvgIpc) is 3.48. The molecule has 1 aromatic heterocycles. The summed E-state index contributed by atoms with van der Waals surface area (Å²) >= 11 is 5.40. The van der Waals surface area contributed by atoms with Crippen LogP contribution in [0.5, 0.6) is 0 Å². The number of H-pyrrole nitrogens is 1. The molecule has 1 atom stereocenters. The summed E-state index contributed by atoms with van der Waals surface area (Å²) in [5.74, 6) is 0.942. The number of piperidine rings is 1. The Labute approximate surface area is 168 Å². The molecule has 7 nitrogen and oxygen atoms in total. The molecular weight excluding hydrogens is 374 g/mol. The van der Waals surface area contributed by atoms with Crippen LogP contribution in [0.3, 0.4) is 0 Å². The Bertz CT molecular complexity index is 984. The van der Waals surface area contributed by atoms with Gasteiger partial charge in [-0.25, -0.2) is 0 Å². The normalized spacial score (nSPS) is 22.6. The van der Waals surface area contributed by atoms with Gasteiger partial charge in [0.2, 0.25) is 11.8 Å². The minimum atomic E-state index is -0.387. The van der Waals surface area contributed by atoms with Crippen LogP contribution in [0.15, 0.2) is 24.3 Å². The van der Waals surface area contributed by atoms with Gasteiger partial charge in [-0.1, -0.05) is 18.2 Å². The maximum Gasteiger partial charge on any atom is 0.230 e. The van der Waals surface area contributed by atoms with Crippen molar-refractivity contribution in [3.63, 3.8) is 0 Å². The molecule has 2 aliphatic heterocycles. The Morgan fingerprint density at radius 3 is 2.64 bits per heavy atom. The number of carbonyl (C=O) groups is 2. The van der Waals surface area contributed by atoms with Gasteiger partial charge < -0.3 is 14.8 Å². The molecule has 5 rings (SSSR count). The van der Waals surface area contributed by atoms with Crippen LogP contribution in [0.2, 0.25) is 0 Å². The summed E-state index contributed by atoms with van der Waals surface area (Å²) in [6.45, 7) is 1.38. The molecule has 1 aliphatic carbocycles. The topological polar surface area (TPSA) is 83.0 Å². The highest BCUT2D eigenvalue weighted by Crippen LogP contribution is 2.39. The lowest BCUT2D eigenvalue weighted by molar-refractivity contribution is -0.136. The molecular formula is C20H23N5O2S. The van der Waals surface area contributed by atoms with Crippen LogP contribution < -0.4 is 5.32 Å². The van der Waals surface area contributed by atoms with E-state index in [-0.39, 0.29) is 24.2 Å². The van der Waals surface area contributed by atoms with Crippen molar-refractivity contribution in [3.05, 3.63) is 40.4 Å². The summed E-state index contributed by atoms with van der Waals surface area (Å²) in [4.78, 5) is 27.2. The van der Waals surface area contributed by atoms with E-state index in [9.17, 15) is 9.59 Å². The van der Waals surface area contributed by atoms with Crippen LogP contribution in [0.4, 0.5) is 5.69 Å². The second-order valence-corrected chi connectivity index (χ2v) is 8.37. The summed E-state index contributed by atoms with van der Waals surface area (Å²) < 4.78 is 2.89. The van der Waals surface area contributed by atoms with Crippen molar-refractivity contribution in [2.45, 2.75) is 50.0 Å². The quantitative estimate of drug-likeness (QED) is 0.780. The van der Waals surface area contributed by atoms with Crippen molar-refractivity contribution in [1.29, 1.82) is 0 Å². The lowest BCUT2D eigenvalue weighted by atomic mass is 9.88. The zero-order valence-electron chi connectivity index (χ0n) is 15.6. The number of carbonyl (C=O) groups excluding carboxylic acids is 2. The lowest BCUT2D eigenvalue weighted by Gasteiger charge is -2.35. The first-order valence-corrected chi connectivity index (χ1v) is 10.4. The Kier molecular flexibility index (Phi) is 4.30. The second kappa shape index (κ2) is 6.84. The molecule has 8 heteroatoms. The zero-order chi connectivity index (χ0) is 19.3. The number of aromatic amines is 1. The van der Waals surface area contributed by atoms with Gasteiger partial charge in [-0.2, -0.15) is 5.10 Å². The number of nitrogens with one attached hydrogen (secondary N) is 2. The Morgan fingerprint density at radius 2 is 1.89 bits per heavy atom. The van der Waals surface area contributed by atoms with Crippen LogP contribution in [0.1, 0.15) is 61.4 Å². The molecule has 2 aromatic rings. The third kappa shape index (κ3) is 3.05. The number of hydrogen-bond acceptors (Lipinski definition) is 4. The van der Waals surface area contributed by atoms with Crippen LogP contribution in [-0.4, -0.2) is 44.6 Å². The SMILES string of the molecule is O=C1CC(C(=O)N2CCC(c3n[nH]c(=S)n3C3CC3)CC2)c2ccccc2N1. The number of benzene rings is 1. The molecule has 1 saturated carbocycles. The monoisotopic (exact) mass is 397 g/mol. The number of hydrogen-bond donors (Lipinski definition) is 2. The fourth-order valence-electron chi connectivity index (χ4n) is 4.50. The van der Waals surface area contributed by atoms with Crippen molar-refractivity contribution in [2.24, 2.45) is 0 Å². The highest BCUT2D eigenvalue weighted by atomic mass is 32.1. The van der Waals surface area contributed by atoms with Crippen molar-refractivity contribution >= 4 is 29.7 Å². The van der Waals surface area contributed by atoms with E-state index < -0.39 is 0 Å². The van der Waals surface area contributed by atoms with E-state index in [0.717, 1.165) is 29.9 Å². The summed E-state index contributed by atoms with van der Waals surface area (Å²) in [5, 5.41) is 10.3. The minimum Gasteiger partial charge on any atom is -0.342 e. The van der Waals surface area contributed by atoms with Crippen molar-refractivity contribution < 1.29 is 9.59 Å². The van der Waals surface area contributed by atoms with Crippen LogP contribution in [-0.2, 0) is 9.59 Å².